The van der Waals surface area contributed by atoms with Crippen LogP contribution in [-0.4, -0.2) is 76.8 Å². The summed E-state index contributed by atoms with van der Waals surface area (Å²) in [6.45, 7) is 2.82. The van der Waals surface area contributed by atoms with E-state index in [1.165, 1.54) is 25.2 Å². The number of halogens is 2. The normalized spacial score (nSPS) is 16.3. The fraction of sp³-hybridized carbons (Fsp3) is 0.263. The average molecular weight is 749 g/mol. The third-order valence-corrected chi connectivity index (χ3v) is 9.07. The predicted molar refractivity (Wildman–Crippen MR) is 194 cm³/mol. The molecule has 1 heterocycles. The van der Waals surface area contributed by atoms with Gasteiger partial charge >= 0.3 is 23.6 Å². The summed E-state index contributed by atoms with van der Waals surface area (Å²) >= 11 is 12.2. The van der Waals surface area contributed by atoms with Gasteiger partial charge in [0.2, 0.25) is 0 Å². The molecule has 2 N–H and O–H groups in total. The first-order chi connectivity index (χ1) is 24.8. The Morgan fingerprint density at radius 1 is 0.923 bits per heavy atom. The maximum absolute atomic E-state index is 14.4. The summed E-state index contributed by atoms with van der Waals surface area (Å²) in [5.41, 5.74) is 0.511. The van der Waals surface area contributed by atoms with Crippen molar-refractivity contribution >= 4 is 69.2 Å². The summed E-state index contributed by atoms with van der Waals surface area (Å²) in [5.74, 6) is -6.87. The largest absolute Gasteiger partial charge is 0.481 e. The van der Waals surface area contributed by atoms with Crippen LogP contribution in [-0.2, 0) is 24.0 Å². The van der Waals surface area contributed by atoms with Crippen LogP contribution in [0.3, 0.4) is 0 Å². The predicted octanol–water partition coefficient (Wildman–Crippen LogP) is 6.18. The van der Waals surface area contributed by atoms with Crippen molar-refractivity contribution in [3.63, 3.8) is 0 Å². The first-order valence-corrected chi connectivity index (χ1v) is 17.0. The number of nitrogens with zero attached hydrogens (tertiary/aromatic N) is 2. The van der Waals surface area contributed by atoms with Gasteiger partial charge in [-0.3, -0.25) is 19.2 Å². The van der Waals surface area contributed by atoms with E-state index >= 15 is 0 Å². The number of carbonyl (C=O) groups excluding carboxylic acids is 4. The number of nitrogens with one attached hydrogen (secondary N) is 1. The molecule has 1 unspecified atom stereocenters. The molecule has 0 fully saturated rings. The Morgan fingerprint density at radius 3 is 2.23 bits per heavy atom. The number of hydrogen-bond donors (Lipinski definition) is 2. The van der Waals surface area contributed by atoms with Crippen molar-refractivity contribution in [2.75, 3.05) is 13.7 Å². The number of hydrogen-bond acceptors (Lipinski definition) is 9. The highest BCUT2D eigenvalue weighted by molar-refractivity contribution is 6.39. The lowest BCUT2D eigenvalue weighted by atomic mass is 9.93. The molecule has 270 valence electrons. The molecule has 1 aliphatic heterocycles. The molecule has 12 nitrogen and oxygen atoms in total. The molecule has 14 heteroatoms. The number of ether oxygens (including phenoxy) is 2. The SMILES string of the molecule is CC(C)[C@H](NC(=O)c1ccc2ccccc2c1)C1=NOC(Oc2ccccc2)(C(=O)N(C)[C@@H](CC(=O)O)C(=O)COC(=O)c2c(Cl)cccc2Cl)C1. The van der Waals surface area contributed by atoms with E-state index in [1.807, 2.05) is 44.2 Å². The number of ketones is 1. The zero-order chi connectivity index (χ0) is 37.6. The van der Waals surface area contributed by atoms with Crippen LogP contribution in [0.25, 0.3) is 10.8 Å². The van der Waals surface area contributed by atoms with E-state index in [2.05, 4.69) is 10.5 Å². The lowest BCUT2D eigenvalue weighted by Gasteiger charge is -2.34. The van der Waals surface area contributed by atoms with E-state index in [1.54, 1.807) is 42.5 Å². The topological polar surface area (TPSA) is 161 Å². The minimum absolute atomic E-state index is 0.0123. The van der Waals surface area contributed by atoms with Gasteiger partial charge in [-0.25, -0.2) is 4.79 Å². The number of esters is 1. The minimum Gasteiger partial charge on any atom is -0.481 e. The van der Waals surface area contributed by atoms with Crippen LogP contribution >= 0.6 is 23.2 Å². The van der Waals surface area contributed by atoms with E-state index in [9.17, 15) is 29.1 Å². The number of likely N-dealkylation sites (N-methyl/N-ethyl adjacent to an activating group) is 1. The van der Waals surface area contributed by atoms with Crippen LogP contribution in [0.5, 0.6) is 5.75 Å². The number of rotatable bonds is 14. The van der Waals surface area contributed by atoms with Crippen LogP contribution in [0.1, 0.15) is 47.4 Å². The van der Waals surface area contributed by atoms with Gasteiger partial charge in [0, 0.05) is 12.6 Å². The van der Waals surface area contributed by atoms with Crippen LogP contribution < -0.4 is 10.1 Å². The molecule has 52 heavy (non-hydrogen) atoms. The Kier molecular flexibility index (Phi) is 11.8. The number of benzene rings is 4. The van der Waals surface area contributed by atoms with Crippen LogP contribution in [0, 0.1) is 5.92 Å². The second kappa shape index (κ2) is 16.3. The van der Waals surface area contributed by atoms with Gasteiger partial charge in [-0.05, 0) is 53.1 Å². The van der Waals surface area contributed by atoms with Crippen molar-refractivity contribution in [1.82, 2.24) is 10.2 Å². The molecule has 1 aliphatic rings. The van der Waals surface area contributed by atoms with Crippen LogP contribution in [0.15, 0.2) is 96.2 Å². The molecule has 0 saturated heterocycles. The van der Waals surface area contributed by atoms with Crippen molar-refractivity contribution in [3.05, 3.63) is 112 Å². The third-order valence-electron chi connectivity index (χ3n) is 8.44. The quantitative estimate of drug-likeness (QED) is 0.144. The van der Waals surface area contributed by atoms with Gasteiger partial charge in [-0.2, -0.15) is 0 Å². The Balaban J connectivity index is 1.38. The van der Waals surface area contributed by atoms with Gasteiger partial charge in [-0.15, -0.1) is 0 Å². The van der Waals surface area contributed by atoms with E-state index in [0.717, 1.165) is 15.7 Å². The highest BCUT2D eigenvalue weighted by Gasteiger charge is 2.54. The molecule has 0 spiro atoms. The number of oxime groups is 1. The van der Waals surface area contributed by atoms with E-state index in [4.69, 9.17) is 37.5 Å². The van der Waals surface area contributed by atoms with Gasteiger partial charge in [0.25, 0.3) is 5.91 Å². The van der Waals surface area contributed by atoms with Crippen molar-refractivity contribution in [3.8, 4) is 5.75 Å². The van der Waals surface area contributed by atoms with Crippen molar-refractivity contribution < 1.29 is 43.4 Å². The molecule has 2 amide bonds. The minimum atomic E-state index is -2.20. The number of para-hydroxylation sites is 1. The number of amides is 2. The van der Waals surface area contributed by atoms with Gasteiger partial charge in [0.15, 0.2) is 12.4 Å². The molecular formula is C38H35Cl2N3O9. The Bertz CT molecular complexity index is 2020. The fourth-order valence-electron chi connectivity index (χ4n) is 5.72. The summed E-state index contributed by atoms with van der Waals surface area (Å²) in [4.78, 5) is 72.7. The molecule has 0 aliphatic carbocycles. The standard InChI is InChI=1S/C38H35Cl2N3O9/c1-22(2)34(41-35(47)25-17-16-23-10-7-8-11-24(23)18-25)29-20-38(52-42-29,51-26-12-5-4-6-13-26)37(49)43(3)30(19-32(45)46)31(44)21-50-36(48)33-27(39)14-9-15-28(33)40/h4-18,22,30,34H,19-21H2,1-3H3,(H,41,47)(H,45,46)/t30-,34-,38?/m0/s1. The van der Waals surface area contributed by atoms with Gasteiger partial charge in [0.05, 0.1) is 40.2 Å². The zero-order valence-corrected chi connectivity index (χ0v) is 29.9. The van der Waals surface area contributed by atoms with Crippen molar-refractivity contribution in [2.45, 2.75) is 44.6 Å². The summed E-state index contributed by atoms with van der Waals surface area (Å²) in [6, 6.07) is 23.2. The van der Waals surface area contributed by atoms with Crippen molar-refractivity contribution in [1.29, 1.82) is 0 Å². The van der Waals surface area contributed by atoms with Gasteiger partial charge < -0.3 is 29.6 Å². The second-order valence-corrected chi connectivity index (χ2v) is 13.3. The maximum atomic E-state index is 14.4. The van der Waals surface area contributed by atoms with Gasteiger partial charge in [-0.1, -0.05) is 96.8 Å². The van der Waals surface area contributed by atoms with E-state index in [0.29, 0.717) is 5.56 Å². The van der Waals surface area contributed by atoms with E-state index in [-0.39, 0.29) is 45.3 Å². The lowest BCUT2D eigenvalue weighted by Crippen LogP contribution is -2.57. The average Bonchev–Trinajstić information content (AvgIpc) is 3.55. The highest BCUT2D eigenvalue weighted by atomic mass is 35.5. The summed E-state index contributed by atoms with van der Waals surface area (Å²) in [6.07, 6.45) is -1.13. The molecule has 4 aromatic carbocycles. The Morgan fingerprint density at radius 2 is 1.58 bits per heavy atom. The van der Waals surface area contributed by atoms with Gasteiger partial charge in [0.1, 0.15) is 11.8 Å². The summed E-state index contributed by atoms with van der Waals surface area (Å²) in [5, 5.41) is 18.8. The number of aliphatic carboxylic acids is 1. The number of carboxylic acid groups (broad SMARTS) is 1. The maximum Gasteiger partial charge on any atom is 0.360 e. The number of carbonyl (C=O) groups is 5. The fourth-order valence-corrected chi connectivity index (χ4v) is 6.28. The lowest BCUT2D eigenvalue weighted by molar-refractivity contribution is -0.197. The molecule has 5 rings (SSSR count). The van der Waals surface area contributed by atoms with Crippen molar-refractivity contribution in [2.24, 2.45) is 11.1 Å². The van der Waals surface area contributed by atoms with Crippen LogP contribution in [0.2, 0.25) is 10.0 Å². The molecule has 0 saturated carbocycles. The highest BCUT2D eigenvalue weighted by Crippen LogP contribution is 2.33. The molecule has 0 bridgehead atoms. The third kappa shape index (κ3) is 8.52. The monoisotopic (exact) mass is 747 g/mol. The molecule has 4 aromatic rings. The van der Waals surface area contributed by atoms with Crippen LogP contribution in [0.4, 0.5) is 0 Å². The number of Topliss-reactive ketones (excluding diaryl/α,β-unsaturated/α-hetero) is 1. The second-order valence-electron chi connectivity index (χ2n) is 12.4. The smallest absolute Gasteiger partial charge is 0.360 e. The molecule has 0 radical (unpaired) electrons. The Labute approximate surface area is 309 Å². The summed E-state index contributed by atoms with van der Waals surface area (Å²) in [7, 11) is 1.21. The number of carboxylic acids is 1. The van der Waals surface area contributed by atoms with E-state index < -0.39 is 54.5 Å². The molecule has 3 atom stereocenters. The molecule has 0 aromatic heterocycles. The zero-order valence-electron chi connectivity index (χ0n) is 28.4. The number of fused-ring (bicyclic) bond motifs is 1. The molecular weight excluding hydrogens is 713 g/mol. The first kappa shape index (κ1) is 37.8. The summed E-state index contributed by atoms with van der Waals surface area (Å²) < 4.78 is 11.3. The Hall–Kier alpha value is -5.46. The first-order valence-electron chi connectivity index (χ1n) is 16.2.